The number of aromatic nitrogens is 3. The molecule has 0 saturated heterocycles. The fourth-order valence-corrected chi connectivity index (χ4v) is 2.54. The molecule has 120 valence electrons. The van der Waals surface area contributed by atoms with Gasteiger partial charge in [-0.1, -0.05) is 6.07 Å². The molecule has 2 aromatic rings. The average molecular weight is 322 g/mol. The number of benzene rings is 1. The molecule has 6 nitrogen and oxygen atoms in total. The first-order chi connectivity index (χ1) is 10.6. The van der Waals surface area contributed by atoms with Gasteiger partial charge in [0.2, 0.25) is 0 Å². The lowest BCUT2D eigenvalue weighted by Gasteiger charge is -2.17. The molecule has 2 rings (SSSR count). The predicted octanol–water partition coefficient (Wildman–Crippen LogP) is 2.54. The zero-order valence-corrected chi connectivity index (χ0v) is 14.3. The molecule has 0 unspecified atom stereocenters. The number of rotatable bonds is 7. The van der Waals surface area contributed by atoms with Gasteiger partial charge in [0.1, 0.15) is 6.33 Å². The molecule has 0 radical (unpaired) electrons. The predicted molar refractivity (Wildman–Crippen MR) is 87.7 cm³/mol. The Morgan fingerprint density at radius 1 is 1.23 bits per heavy atom. The summed E-state index contributed by atoms with van der Waals surface area (Å²) in [6.45, 7) is 4.29. The van der Waals surface area contributed by atoms with E-state index in [2.05, 4.69) is 16.9 Å². The standard InChI is InChI=1S/C15H22N4O2S/c1-5-18-10-16-19(15(18)22)11-17(2)9-12-6-7-13(20-3)14(8-12)21-4/h6-8,10H,5,9,11H2,1-4H3. The van der Waals surface area contributed by atoms with Crippen molar-refractivity contribution >= 4 is 12.2 Å². The van der Waals surface area contributed by atoms with Crippen LogP contribution in [0.5, 0.6) is 11.5 Å². The molecule has 0 atom stereocenters. The second-order valence-corrected chi connectivity index (χ2v) is 5.41. The number of methoxy groups -OCH3 is 2. The Labute approximate surface area is 135 Å². The Morgan fingerprint density at radius 2 is 1.95 bits per heavy atom. The molecule has 22 heavy (non-hydrogen) atoms. The summed E-state index contributed by atoms with van der Waals surface area (Å²) in [5, 5.41) is 4.32. The lowest BCUT2D eigenvalue weighted by Crippen LogP contribution is -2.22. The number of hydrogen-bond donors (Lipinski definition) is 0. The first kappa shape index (κ1) is 16.5. The lowest BCUT2D eigenvalue weighted by molar-refractivity contribution is 0.243. The quantitative estimate of drug-likeness (QED) is 0.733. The fourth-order valence-electron chi connectivity index (χ4n) is 2.25. The van der Waals surface area contributed by atoms with E-state index >= 15 is 0 Å². The van der Waals surface area contributed by atoms with E-state index < -0.39 is 0 Å². The van der Waals surface area contributed by atoms with Gasteiger partial charge in [0.05, 0.1) is 20.9 Å². The molecule has 7 heteroatoms. The summed E-state index contributed by atoms with van der Waals surface area (Å²) in [5.41, 5.74) is 1.14. The first-order valence-corrected chi connectivity index (χ1v) is 7.51. The molecular formula is C15H22N4O2S. The van der Waals surface area contributed by atoms with Crippen molar-refractivity contribution in [1.29, 1.82) is 0 Å². The minimum Gasteiger partial charge on any atom is -0.493 e. The van der Waals surface area contributed by atoms with E-state index in [0.29, 0.717) is 6.67 Å². The van der Waals surface area contributed by atoms with Gasteiger partial charge < -0.3 is 14.0 Å². The van der Waals surface area contributed by atoms with E-state index in [1.807, 2.05) is 34.5 Å². The normalized spacial score (nSPS) is 11.0. The monoisotopic (exact) mass is 322 g/mol. The number of ether oxygens (including phenoxy) is 2. The van der Waals surface area contributed by atoms with E-state index in [4.69, 9.17) is 21.7 Å². The molecular weight excluding hydrogens is 300 g/mol. The molecule has 0 bridgehead atoms. The van der Waals surface area contributed by atoms with Crippen LogP contribution in [-0.4, -0.2) is 40.5 Å². The summed E-state index contributed by atoms with van der Waals surface area (Å²) in [5.74, 6) is 1.47. The van der Waals surface area contributed by atoms with Gasteiger partial charge in [0.15, 0.2) is 16.3 Å². The van der Waals surface area contributed by atoms with Gasteiger partial charge >= 0.3 is 0 Å². The smallest absolute Gasteiger partial charge is 0.198 e. The molecule has 0 saturated carbocycles. The Morgan fingerprint density at radius 3 is 2.55 bits per heavy atom. The maximum absolute atomic E-state index is 5.38. The number of nitrogens with zero attached hydrogens (tertiary/aromatic N) is 4. The van der Waals surface area contributed by atoms with Crippen molar-refractivity contribution in [2.45, 2.75) is 26.7 Å². The van der Waals surface area contributed by atoms with Crippen LogP contribution in [0.2, 0.25) is 0 Å². The second kappa shape index (κ2) is 7.42. The maximum atomic E-state index is 5.38. The van der Waals surface area contributed by atoms with Crippen LogP contribution >= 0.6 is 12.2 Å². The molecule has 0 fully saturated rings. The van der Waals surface area contributed by atoms with E-state index in [1.54, 1.807) is 20.5 Å². The highest BCUT2D eigenvalue weighted by Gasteiger charge is 2.08. The van der Waals surface area contributed by atoms with E-state index in [0.717, 1.165) is 34.9 Å². The zero-order chi connectivity index (χ0) is 16.1. The summed E-state index contributed by atoms with van der Waals surface area (Å²) in [4.78, 5) is 2.14. The van der Waals surface area contributed by atoms with E-state index in [9.17, 15) is 0 Å². The Hall–Kier alpha value is -1.86. The molecule has 0 N–H and O–H groups in total. The summed E-state index contributed by atoms with van der Waals surface area (Å²) in [6.07, 6.45) is 1.77. The van der Waals surface area contributed by atoms with E-state index in [-0.39, 0.29) is 0 Å². The summed E-state index contributed by atoms with van der Waals surface area (Å²) in [6, 6.07) is 5.93. The highest BCUT2D eigenvalue weighted by atomic mass is 32.1. The molecule has 1 heterocycles. The third-order valence-electron chi connectivity index (χ3n) is 3.41. The zero-order valence-electron chi connectivity index (χ0n) is 13.4. The van der Waals surface area contributed by atoms with Gasteiger partial charge in [0, 0.05) is 13.1 Å². The minimum absolute atomic E-state index is 0.639. The van der Waals surface area contributed by atoms with Crippen molar-refractivity contribution in [2.24, 2.45) is 0 Å². The largest absolute Gasteiger partial charge is 0.493 e. The SMILES string of the molecule is CCn1cnn(CN(C)Cc2ccc(OC)c(OC)c2)c1=S. The molecule has 1 aromatic heterocycles. The van der Waals surface area contributed by atoms with Crippen LogP contribution < -0.4 is 9.47 Å². The van der Waals surface area contributed by atoms with Crippen LogP contribution in [0.15, 0.2) is 24.5 Å². The van der Waals surface area contributed by atoms with Crippen LogP contribution in [-0.2, 0) is 19.8 Å². The van der Waals surface area contributed by atoms with Crippen molar-refractivity contribution in [2.75, 3.05) is 21.3 Å². The van der Waals surface area contributed by atoms with Gasteiger partial charge in [-0.3, -0.25) is 4.90 Å². The summed E-state index contributed by atoms with van der Waals surface area (Å²) >= 11 is 5.38. The topological polar surface area (TPSA) is 44.5 Å². The maximum Gasteiger partial charge on any atom is 0.198 e. The minimum atomic E-state index is 0.639. The molecule has 0 aliphatic rings. The van der Waals surface area contributed by atoms with Crippen molar-refractivity contribution < 1.29 is 9.47 Å². The van der Waals surface area contributed by atoms with Crippen LogP contribution in [0, 0.1) is 4.77 Å². The van der Waals surface area contributed by atoms with Gasteiger partial charge in [-0.05, 0) is 43.9 Å². The van der Waals surface area contributed by atoms with Gasteiger partial charge in [-0.25, -0.2) is 4.68 Å². The molecule has 1 aromatic carbocycles. The third kappa shape index (κ3) is 3.66. The average Bonchev–Trinajstić information content (AvgIpc) is 2.87. The van der Waals surface area contributed by atoms with Crippen molar-refractivity contribution in [3.05, 3.63) is 34.9 Å². The van der Waals surface area contributed by atoms with Gasteiger partial charge in [0.25, 0.3) is 0 Å². The Kier molecular flexibility index (Phi) is 5.57. The van der Waals surface area contributed by atoms with Gasteiger partial charge in [-0.15, -0.1) is 0 Å². The Bertz CT molecular complexity index is 680. The fraction of sp³-hybridized carbons (Fsp3) is 0.467. The van der Waals surface area contributed by atoms with Gasteiger partial charge in [-0.2, -0.15) is 5.10 Å². The van der Waals surface area contributed by atoms with Crippen molar-refractivity contribution in [1.82, 2.24) is 19.2 Å². The molecule has 0 aliphatic carbocycles. The highest BCUT2D eigenvalue weighted by Crippen LogP contribution is 2.27. The number of aryl methyl sites for hydroxylation is 1. The van der Waals surface area contributed by atoms with Crippen molar-refractivity contribution in [3.8, 4) is 11.5 Å². The summed E-state index contributed by atoms with van der Waals surface area (Å²) < 4.78 is 15.1. The van der Waals surface area contributed by atoms with Crippen molar-refractivity contribution in [3.63, 3.8) is 0 Å². The molecule has 0 amide bonds. The number of hydrogen-bond acceptors (Lipinski definition) is 5. The molecule has 0 aliphatic heterocycles. The molecule has 0 spiro atoms. The third-order valence-corrected chi connectivity index (χ3v) is 3.86. The van der Waals surface area contributed by atoms with Crippen LogP contribution in [0.3, 0.4) is 0 Å². The highest BCUT2D eigenvalue weighted by molar-refractivity contribution is 7.71. The summed E-state index contributed by atoms with van der Waals surface area (Å²) in [7, 11) is 5.31. The van der Waals surface area contributed by atoms with Crippen LogP contribution in [0.4, 0.5) is 0 Å². The van der Waals surface area contributed by atoms with Crippen LogP contribution in [0.25, 0.3) is 0 Å². The Balaban J connectivity index is 2.07. The van der Waals surface area contributed by atoms with Crippen LogP contribution in [0.1, 0.15) is 12.5 Å². The second-order valence-electron chi connectivity index (χ2n) is 5.04. The lowest BCUT2D eigenvalue weighted by atomic mass is 10.2. The first-order valence-electron chi connectivity index (χ1n) is 7.10. The van der Waals surface area contributed by atoms with E-state index in [1.165, 1.54) is 0 Å².